The molecule has 2 N–H and O–H groups in total. The predicted molar refractivity (Wildman–Crippen MR) is 150 cm³/mol. The predicted octanol–water partition coefficient (Wildman–Crippen LogP) is 6.62. The maximum absolute atomic E-state index is 12.6. The fourth-order valence-electron chi connectivity index (χ4n) is 3.14. The molecule has 3 rings (SSSR count). The Morgan fingerprint density at radius 2 is 1.61 bits per heavy atom. The summed E-state index contributed by atoms with van der Waals surface area (Å²) in [5.41, 5.74) is 3.89. The van der Waals surface area contributed by atoms with Crippen LogP contribution in [0.3, 0.4) is 0 Å². The molecule has 0 fully saturated rings. The van der Waals surface area contributed by atoms with E-state index in [1.165, 1.54) is 6.21 Å². The number of hydrazone groups is 1. The zero-order valence-electron chi connectivity index (χ0n) is 20.7. The minimum atomic E-state index is -0.437. The number of rotatable bonds is 12. The number of benzene rings is 3. The lowest BCUT2D eigenvalue weighted by Crippen LogP contribution is -2.20. The van der Waals surface area contributed by atoms with Gasteiger partial charge in [-0.3, -0.25) is 9.59 Å². The summed E-state index contributed by atoms with van der Waals surface area (Å²) in [6.07, 6.45) is 2.23. The second-order valence-corrected chi connectivity index (χ2v) is 9.05. The van der Waals surface area contributed by atoms with Crippen molar-refractivity contribution in [3.8, 4) is 17.2 Å². The molecule has 0 saturated heterocycles. The molecule has 200 valence electrons. The minimum absolute atomic E-state index is 0.148. The van der Waals surface area contributed by atoms with Gasteiger partial charge in [0.1, 0.15) is 0 Å². The van der Waals surface area contributed by atoms with Crippen molar-refractivity contribution in [2.24, 2.45) is 5.10 Å². The van der Waals surface area contributed by atoms with Crippen molar-refractivity contribution in [1.82, 2.24) is 5.43 Å². The first-order chi connectivity index (χ1) is 18.3. The van der Waals surface area contributed by atoms with E-state index in [4.69, 9.17) is 49.0 Å². The number of nitrogens with one attached hydrogen (secondary N) is 2. The van der Waals surface area contributed by atoms with Crippen molar-refractivity contribution >= 4 is 58.5 Å². The van der Waals surface area contributed by atoms with Crippen LogP contribution in [0.5, 0.6) is 17.2 Å². The maximum Gasteiger partial charge on any atom is 0.271 e. The van der Waals surface area contributed by atoms with E-state index in [-0.39, 0.29) is 22.4 Å². The van der Waals surface area contributed by atoms with Crippen LogP contribution in [-0.2, 0) is 4.79 Å². The van der Waals surface area contributed by atoms with Crippen molar-refractivity contribution in [2.45, 2.75) is 20.3 Å². The molecule has 11 heteroatoms. The normalized spacial score (nSPS) is 10.8. The topological polar surface area (TPSA) is 98.3 Å². The smallest absolute Gasteiger partial charge is 0.271 e. The first-order valence-corrected chi connectivity index (χ1v) is 12.8. The summed E-state index contributed by atoms with van der Waals surface area (Å²) in [6, 6.07) is 14.7. The molecule has 0 aliphatic rings. The molecule has 0 atom stereocenters. The third-order valence-electron chi connectivity index (χ3n) is 4.84. The molecule has 0 bridgehead atoms. The fraction of sp³-hybridized carbons (Fsp3) is 0.222. The monoisotopic (exact) mass is 577 g/mol. The Balaban J connectivity index is 1.59. The SMILES string of the molecule is CCCOc1ccc(C(=O)N/N=C/c2cc(Cl)c(OCC(=O)Nc3ccc(Cl)cc3)c(Cl)c2)cc1OCC. The van der Waals surface area contributed by atoms with Gasteiger partial charge in [-0.2, -0.15) is 5.10 Å². The van der Waals surface area contributed by atoms with Gasteiger partial charge in [-0.1, -0.05) is 41.7 Å². The maximum atomic E-state index is 12.6. The van der Waals surface area contributed by atoms with Crippen LogP contribution < -0.4 is 25.0 Å². The average molecular weight is 579 g/mol. The Bertz CT molecular complexity index is 1280. The van der Waals surface area contributed by atoms with Gasteiger partial charge >= 0.3 is 0 Å². The fourth-order valence-corrected chi connectivity index (χ4v) is 3.88. The van der Waals surface area contributed by atoms with Crippen molar-refractivity contribution in [3.63, 3.8) is 0 Å². The Kier molecular flexibility index (Phi) is 11.1. The van der Waals surface area contributed by atoms with Gasteiger partial charge in [0.2, 0.25) is 0 Å². The summed E-state index contributed by atoms with van der Waals surface area (Å²) in [5, 5.41) is 7.56. The number of nitrogens with zero attached hydrogens (tertiary/aromatic N) is 1. The van der Waals surface area contributed by atoms with E-state index in [1.54, 1.807) is 54.6 Å². The first-order valence-electron chi connectivity index (χ1n) is 11.7. The van der Waals surface area contributed by atoms with E-state index in [0.717, 1.165) is 6.42 Å². The second-order valence-electron chi connectivity index (χ2n) is 7.80. The average Bonchev–Trinajstić information content (AvgIpc) is 2.89. The van der Waals surface area contributed by atoms with Crippen LogP contribution in [0.1, 0.15) is 36.2 Å². The lowest BCUT2D eigenvalue weighted by Gasteiger charge is -2.12. The van der Waals surface area contributed by atoms with Gasteiger partial charge in [0.25, 0.3) is 11.8 Å². The molecule has 8 nitrogen and oxygen atoms in total. The van der Waals surface area contributed by atoms with Crippen LogP contribution in [0.4, 0.5) is 5.69 Å². The lowest BCUT2D eigenvalue weighted by molar-refractivity contribution is -0.118. The summed E-state index contributed by atoms with van der Waals surface area (Å²) >= 11 is 18.4. The van der Waals surface area contributed by atoms with Gasteiger partial charge in [0.15, 0.2) is 23.9 Å². The van der Waals surface area contributed by atoms with Crippen LogP contribution in [0.25, 0.3) is 0 Å². The zero-order valence-corrected chi connectivity index (χ0v) is 23.0. The van der Waals surface area contributed by atoms with E-state index in [1.807, 2.05) is 13.8 Å². The molecule has 0 aromatic heterocycles. The van der Waals surface area contributed by atoms with Gasteiger partial charge in [-0.25, -0.2) is 5.43 Å². The van der Waals surface area contributed by atoms with Gasteiger partial charge in [0, 0.05) is 16.3 Å². The third-order valence-corrected chi connectivity index (χ3v) is 5.66. The van der Waals surface area contributed by atoms with Crippen LogP contribution in [0.15, 0.2) is 59.7 Å². The standard InChI is InChI=1S/C27H26Cl3N3O5/c1-3-11-37-23-10-5-18(14-24(23)36-4-2)27(35)33-31-15-17-12-21(29)26(22(30)13-17)38-16-25(34)32-20-8-6-19(28)7-9-20/h5-10,12-15H,3-4,11,16H2,1-2H3,(H,32,34)(H,33,35)/b31-15+. The number of anilines is 1. The minimum Gasteiger partial charge on any atom is -0.490 e. The van der Waals surface area contributed by atoms with E-state index in [2.05, 4.69) is 15.8 Å². The van der Waals surface area contributed by atoms with Gasteiger partial charge in [0.05, 0.1) is 29.5 Å². The summed E-state index contributed by atoms with van der Waals surface area (Å²) in [4.78, 5) is 24.7. The van der Waals surface area contributed by atoms with Crippen LogP contribution in [0.2, 0.25) is 15.1 Å². The molecule has 0 aliphatic carbocycles. The lowest BCUT2D eigenvalue weighted by atomic mass is 10.2. The van der Waals surface area contributed by atoms with Crippen LogP contribution in [0, 0.1) is 0 Å². The Labute approximate surface area is 235 Å². The molecule has 38 heavy (non-hydrogen) atoms. The van der Waals surface area contributed by atoms with Gasteiger partial charge in [-0.15, -0.1) is 0 Å². The summed E-state index contributed by atoms with van der Waals surface area (Å²) in [7, 11) is 0. The van der Waals surface area contributed by atoms with Crippen molar-refractivity contribution in [3.05, 3.63) is 80.8 Å². The quantitative estimate of drug-likeness (QED) is 0.186. The third kappa shape index (κ3) is 8.55. The Hall–Kier alpha value is -3.46. The number of halogens is 3. The highest BCUT2D eigenvalue weighted by Crippen LogP contribution is 2.34. The number of amides is 2. The Morgan fingerprint density at radius 3 is 2.26 bits per heavy atom. The van der Waals surface area contributed by atoms with Crippen LogP contribution in [-0.4, -0.2) is 37.8 Å². The number of hydrogen-bond donors (Lipinski definition) is 2. The number of hydrogen-bond acceptors (Lipinski definition) is 6. The van der Waals surface area contributed by atoms with E-state index < -0.39 is 11.8 Å². The first kappa shape index (κ1) is 29.1. The van der Waals surface area contributed by atoms with E-state index in [9.17, 15) is 9.59 Å². The van der Waals surface area contributed by atoms with Crippen molar-refractivity contribution in [2.75, 3.05) is 25.1 Å². The zero-order chi connectivity index (χ0) is 27.5. The molecule has 0 unspecified atom stereocenters. The van der Waals surface area contributed by atoms with E-state index >= 15 is 0 Å². The molecule has 0 spiro atoms. The molecule has 0 saturated carbocycles. The van der Waals surface area contributed by atoms with Crippen LogP contribution >= 0.6 is 34.8 Å². The highest BCUT2D eigenvalue weighted by Gasteiger charge is 2.13. The van der Waals surface area contributed by atoms with Crippen molar-refractivity contribution < 1.29 is 23.8 Å². The molecule has 0 radical (unpaired) electrons. The molecule has 2 amide bonds. The molecular formula is C27H26Cl3N3O5. The number of ether oxygens (including phenoxy) is 3. The molecular weight excluding hydrogens is 553 g/mol. The van der Waals surface area contributed by atoms with Crippen molar-refractivity contribution in [1.29, 1.82) is 0 Å². The number of carbonyl (C=O) groups excluding carboxylic acids is 2. The van der Waals surface area contributed by atoms with Gasteiger partial charge in [-0.05, 0) is 73.5 Å². The van der Waals surface area contributed by atoms with E-state index in [0.29, 0.717) is 46.5 Å². The van der Waals surface area contributed by atoms with Gasteiger partial charge < -0.3 is 19.5 Å². The highest BCUT2D eigenvalue weighted by molar-refractivity contribution is 6.37. The largest absolute Gasteiger partial charge is 0.490 e. The summed E-state index contributed by atoms with van der Waals surface area (Å²) < 4.78 is 16.8. The molecule has 0 aliphatic heterocycles. The second kappa shape index (κ2) is 14.5. The number of carbonyl (C=O) groups is 2. The highest BCUT2D eigenvalue weighted by atomic mass is 35.5. The Morgan fingerprint density at radius 1 is 0.895 bits per heavy atom. The molecule has 3 aromatic carbocycles. The summed E-state index contributed by atoms with van der Waals surface area (Å²) in [6.45, 7) is 4.52. The summed E-state index contributed by atoms with van der Waals surface area (Å²) in [5.74, 6) is 0.365. The molecule has 3 aromatic rings. The molecule has 0 heterocycles.